The first-order valence-corrected chi connectivity index (χ1v) is 7.52. The van der Waals surface area contributed by atoms with E-state index in [4.69, 9.17) is 0 Å². The minimum absolute atomic E-state index is 0.0231. The van der Waals surface area contributed by atoms with Gasteiger partial charge in [-0.1, -0.05) is 12.1 Å². The summed E-state index contributed by atoms with van der Waals surface area (Å²) >= 11 is 0. The molecule has 0 aliphatic heterocycles. The van der Waals surface area contributed by atoms with E-state index in [1.807, 2.05) is 13.8 Å². The molecule has 0 atom stereocenters. The summed E-state index contributed by atoms with van der Waals surface area (Å²) in [6.45, 7) is 4.99. The van der Waals surface area contributed by atoms with Crippen molar-refractivity contribution in [1.29, 1.82) is 0 Å². The third-order valence-corrected chi connectivity index (χ3v) is 3.54. The van der Waals surface area contributed by atoms with E-state index in [9.17, 15) is 19.1 Å². The second-order valence-electron chi connectivity index (χ2n) is 5.01. The number of benzene rings is 1. The summed E-state index contributed by atoms with van der Waals surface area (Å²) in [5.41, 5.74) is 0.0452. The Morgan fingerprint density at radius 2 is 1.88 bits per heavy atom. The summed E-state index contributed by atoms with van der Waals surface area (Å²) in [6, 6.07) is 6.87. The number of aromatic nitrogens is 1. The number of hydrogen-bond donors (Lipinski definition) is 2. The van der Waals surface area contributed by atoms with E-state index < -0.39 is 17.7 Å². The van der Waals surface area contributed by atoms with Gasteiger partial charge in [0.15, 0.2) is 0 Å². The fraction of sp³-hybridized carbons (Fsp3) is 0.235. The molecule has 24 heavy (non-hydrogen) atoms. The topological polar surface area (TPSA) is 82.5 Å². The number of nitrogens with zero attached hydrogens (tertiary/aromatic N) is 2. The third kappa shape index (κ3) is 3.68. The number of halogens is 1. The Morgan fingerprint density at radius 3 is 2.46 bits per heavy atom. The number of carboxylic acids is 1. The van der Waals surface area contributed by atoms with E-state index in [-0.39, 0.29) is 16.8 Å². The van der Waals surface area contributed by atoms with Gasteiger partial charge in [0.2, 0.25) is 0 Å². The summed E-state index contributed by atoms with van der Waals surface area (Å²) in [6.07, 6.45) is 1.36. The first-order valence-electron chi connectivity index (χ1n) is 7.52. The molecule has 0 fully saturated rings. The van der Waals surface area contributed by atoms with Gasteiger partial charge < -0.3 is 15.3 Å². The number of hydrogen-bond acceptors (Lipinski definition) is 4. The highest BCUT2D eigenvalue weighted by atomic mass is 19.1. The van der Waals surface area contributed by atoms with Crippen LogP contribution in [-0.2, 0) is 0 Å². The van der Waals surface area contributed by atoms with Crippen LogP contribution in [0.25, 0.3) is 0 Å². The second kappa shape index (κ2) is 7.54. The highest BCUT2D eigenvalue weighted by molar-refractivity contribution is 6.05. The Morgan fingerprint density at radius 1 is 1.21 bits per heavy atom. The van der Waals surface area contributed by atoms with Crippen molar-refractivity contribution in [2.45, 2.75) is 13.8 Å². The fourth-order valence-electron chi connectivity index (χ4n) is 2.30. The second-order valence-corrected chi connectivity index (χ2v) is 5.01. The number of pyridine rings is 1. The Bertz CT molecular complexity index is 760. The van der Waals surface area contributed by atoms with E-state index in [0.717, 1.165) is 0 Å². The summed E-state index contributed by atoms with van der Waals surface area (Å²) in [7, 11) is 0. The van der Waals surface area contributed by atoms with Crippen LogP contribution < -0.4 is 10.2 Å². The lowest BCUT2D eigenvalue weighted by molar-refractivity contribution is 0.0696. The lowest BCUT2D eigenvalue weighted by Crippen LogP contribution is -2.25. The molecule has 0 radical (unpaired) electrons. The molecule has 1 amide bonds. The number of carbonyl (C=O) groups excluding carboxylic acids is 1. The monoisotopic (exact) mass is 331 g/mol. The van der Waals surface area contributed by atoms with Crippen molar-refractivity contribution in [2.75, 3.05) is 23.3 Å². The van der Waals surface area contributed by atoms with E-state index in [1.165, 1.54) is 30.5 Å². The molecule has 1 aromatic carbocycles. The zero-order valence-corrected chi connectivity index (χ0v) is 13.4. The van der Waals surface area contributed by atoms with E-state index in [2.05, 4.69) is 10.3 Å². The Balaban J connectivity index is 2.32. The Kier molecular flexibility index (Phi) is 5.47. The first kappa shape index (κ1) is 17.4. The molecule has 2 N–H and O–H groups in total. The largest absolute Gasteiger partial charge is 0.478 e. The summed E-state index contributed by atoms with van der Waals surface area (Å²) in [5.74, 6) is -2.13. The standard InChI is InChI=1S/C17H18FN3O3/c1-3-21(4-2)15-13(17(23)24)9-11(10-19-15)20-16(22)12-7-5-6-8-14(12)18/h5-10H,3-4H2,1-2H3,(H,20,22)(H,23,24). The average molecular weight is 331 g/mol. The van der Waals surface area contributed by atoms with Crippen LogP contribution in [0.5, 0.6) is 0 Å². The van der Waals surface area contributed by atoms with Crippen molar-refractivity contribution in [3.05, 3.63) is 53.5 Å². The van der Waals surface area contributed by atoms with Crippen LogP contribution in [0.1, 0.15) is 34.6 Å². The minimum atomic E-state index is -1.15. The fourth-order valence-corrected chi connectivity index (χ4v) is 2.30. The van der Waals surface area contributed by atoms with Crippen molar-refractivity contribution < 1.29 is 19.1 Å². The molecule has 0 spiro atoms. The van der Waals surface area contributed by atoms with Gasteiger partial charge in [0.05, 0.1) is 17.4 Å². The minimum Gasteiger partial charge on any atom is -0.478 e. The predicted octanol–water partition coefficient (Wildman–Crippen LogP) is 3.02. The van der Waals surface area contributed by atoms with Crippen LogP contribution in [0.4, 0.5) is 15.9 Å². The van der Waals surface area contributed by atoms with Gasteiger partial charge in [-0.2, -0.15) is 0 Å². The molecule has 0 bridgehead atoms. The quantitative estimate of drug-likeness (QED) is 0.850. The molecule has 0 unspecified atom stereocenters. The molecule has 6 nitrogen and oxygen atoms in total. The highest BCUT2D eigenvalue weighted by Gasteiger charge is 2.18. The maximum Gasteiger partial charge on any atom is 0.339 e. The normalized spacial score (nSPS) is 10.3. The number of rotatable bonds is 6. The zero-order valence-electron chi connectivity index (χ0n) is 13.4. The lowest BCUT2D eigenvalue weighted by Gasteiger charge is -2.21. The maximum absolute atomic E-state index is 13.6. The molecular formula is C17H18FN3O3. The highest BCUT2D eigenvalue weighted by Crippen LogP contribution is 2.22. The van der Waals surface area contributed by atoms with Gasteiger partial charge >= 0.3 is 5.97 Å². The molecule has 2 aromatic rings. The molecular weight excluding hydrogens is 313 g/mol. The van der Waals surface area contributed by atoms with Crippen molar-refractivity contribution in [2.24, 2.45) is 0 Å². The lowest BCUT2D eigenvalue weighted by atomic mass is 10.2. The maximum atomic E-state index is 13.6. The third-order valence-electron chi connectivity index (χ3n) is 3.54. The van der Waals surface area contributed by atoms with Crippen molar-refractivity contribution in [1.82, 2.24) is 4.98 Å². The Labute approximate surface area is 138 Å². The van der Waals surface area contributed by atoms with Gasteiger partial charge in [-0.25, -0.2) is 14.2 Å². The summed E-state index contributed by atoms with van der Waals surface area (Å²) in [4.78, 5) is 29.5. The van der Waals surface area contributed by atoms with Gasteiger partial charge in [0, 0.05) is 13.1 Å². The number of carbonyl (C=O) groups is 2. The van der Waals surface area contributed by atoms with Crippen LogP contribution in [0, 0.1) is 5.82 Å². The number of nitrogens with one attached hydrogen (secondary N) is 1. The first-order chi connectivity index (χ1) is 11.5. The van der Waals surface area contributed by atoms with Crippen LogP contribution in [0.15, 0.2) is 36.5 Å². The van der Waals surface area contributed by atoms with Gasteiger partial charge in [-0.15, -0.1) is 0 Å². The summed E-state index contributed by atoms with van der Waals surface area (Å²) in [5, 5.41) is 11.9. The molecule has 0 aliphatic rings. The van der Waals surface area contributed by atoms with Gasteiger partial charge in [0.25, 0.3) is 5.91 Å². The number of amides is 1. The van der Waals surface area contributed by atoms with Crippen molar-refractivity contribution in [3.63, 3.8) is 0 Å². The van der Waals surface area contributed by atoms with Crippen LogP contribution in [-0.4, -0.2) is 35.1 Å². The van der Waals surface area contributed by atoms with Crippen LogP contribution in [0.2, 0.25) is 0 Å². The summed E-state index contributed by atoms with van der Waals surface area (Å²) < 4.78 is 13.6. The van der Waals surface area contributed by atoms with Crippen molar-refractivity contribution >= 4 is 23.4 Å². The van der Waals surface area contributed by atoms with Crippen LogP contribution >= 0.6 is 0 Å². The smallest absolute Gasteiger partial charge is 0.339 e. The molecule has 0 saturated heterocycles. The molecule has 126 valence electrons. The van der Waals surface area contributed by atoms with Crippen molar-refractivity contribution in [3.8, 4) is 0 Å². The average Bonchev–Trinajstić information content (AvgIpc) is 2.57. The molecule has 0 saturated carbocycles. The molecule has 1 aromatic heterocycles. The van der Waals surface area contributed by atoms with Gasteiger partial charge in [0.1, 0.15) is 17.2 Å². The van der Waals surface area contributed by atoms with E-state index in [1.54, 1.807) is 11.0 Å². The van der Waals surface area contributed by atoms with E-state index >= 15 is 0 Å². The van der Waals surface area contributed by atoms with Crippen LogP contribution in [0.3, 0.4) is 0 Å². The molecule has 0 aliphatic carbocycles. The van der Waals surface area contributed by atoms with Gasteiger partial charge in [-0.05, 0) is 32.0 Å². The molecule has 2 rings (SSSR count). The number of aromatic carboxylic acids is 1. The zero-order chi connectivity index (χ0) is 17.7. The SMILES string of the molecule is CCN(CC)c1ncc(NC(=O)c2ccccc2F)cc1C(=O)O. The molecule has 7 heteroatoms. The Hall–Kier alpha value is -2.96. The predicted molar refractivity (Wildman–Crippen MR) is 89.1 cm³/mol. The van der Waals surface area contributed by atoms with E-state index in [0.29, 0.717) is 18.9 Å². The number of carboxylic acid groups (broad SMARTS) is 1. The molecule has 1 heterocycles. The number of anilines is 2. The van der Waals surface area contributed by atoms with Gasteiger partial charge in [-0.3, -0.25) is 4.79 Å².